The van der Waals surface area contributed by atoms with Gasteiger partial charge < -0.3 is 9.55 Å². The molecule has 2 aromatic heterocycles. The number of aryl methyl sites for hydroxylation is 2. The van der Waals surface area contributed by atoms with Crippen LogP contribution in [0.4, 0.5) is 0 Å². The van der Waals surface area contributed by atoms with Crippen molar-refractivity contribution in [1.82, 2.24) is 18.8 Å². The fourth-order valence-corrected chi connectivity index (χ4v) is 4.51. The number of nitrogens with zero attached hydrogens (tertiary/aromatic N) is 3. The predicted octanol–water partition coefficient (Wildman–Crippen LogP) is 0.943. The summed E-state index contributed by atoms with van der Waals surface area (Å²) >= 11 is 0. The van der Waals surface area contributed by atoms with Gasteiger partial charge in [0.25, 0.3) is 10.0 Å². The average Bonchev–Trinajstić information content (AvgIpc) is 3.06. The number of aromatic nitrogens is 3. The third kappa shape index (κ3) is 2.59. The molecule has 2 aromatic rings. The Morgan fingerprint density at radius 3 is 2.77 bits per heavy atom. The molecule has 0 unspecified atom stereocenters. The molecule has 118 valence electrons. The van der Waals surface area contributed by atoms with Gasteiger partial charge in [0.15, 0.2) is 10.5 Å². The van der Waals surface area contributed by atoms with Gasteiger partial charge in [-0.15, -0.1) is 0 Å². The number of aromatic amines is 1. The molecule has 0 amide bonds. The summed E-state index contributed by atoms with van der Waals surface area (Å²) in [4.78, 5) is 18.8. The Morgan fingerprint density at radius 2 is 2.14 bits per heavy atom. The molecule has 0 saturated carbocycles. The second kappa shape index (κ2) is 5.36. The van der Waals surface area contributed by atoms with E-state index in [-0.39, 0.29) is 16.5 Å². The van der Waals surface area contributed by atoms with Crippen LogP contribution in [0.25, 0.3) is 0 Å². The Morgan fingerprint density at radius 1 is 1.36 bits per heavy atom. The molecule has 1 fully saturated rings. The van der Waals surface area contributed by atoms with Gasteiger partial charge in [0.05, 0.1) is 12.4 Å². The van der Waals surface area contributed by atoms with Crippen molar-refractivity contribution in [2.45, 2.75) is 30.8 Å². The summed E-state index contributed by atoms with van der Waals surface area (Å²) in [6.45, 7) is 2.22. The summed E-state index contributed by atoms with van der Waals surface area (Å²) in [5, 5.41) is 0.0388. The summed E-state index contributed by atoms with van der Waals surface area (Å²) in [5.41, 5.74) is 1.25. The topological polar surface area (TPSA) is 88.1 Å². The van der Waals surface area contributed by atoms with E-state index in [9.17, 15) is 13.2 Å². The fraction of sp³-hybridized carbons (Fsp3) is 0.429. The van der Waals surface area contributed by atoms with Crippen LogP contribution in [0.3, 0.4) is 0 Å². The number of pyridine rings is 1. The number of hydrogen-bond acceptors (Lipinski definition) is 4. The van der Waals surface area contributed by atoms with E-state index in [1.807, 2.05) is 0 Å². The number of hydrogen-bond donors (Lipinski definition) is 1. The first-order valence-electron chi connectivity index (χ1n) is 7.08. The standard InChI is InChI=1S/C14H18N4O3S/c1-10-6-11(19)7-12(16-10)13-4-3-5-18(13)22(20,21)14-8-17(2)9-15-14/h6-9,13H,3-5H2,1-2H3,(H,16,19)/t13-/m1/s1. The zero-order valence-electron chi connectivity index (χ0n) is 12.5. The number of rotatable bonds is 3. The van der Waals surface area contributed by atoms with Crippen LogP contribution in [-0.2, 0) is 17.1 Å². The minimum Gasteiger partial charge on any atom is -0.361 e. The molecule has 1 saturated heterocycles. The van der Waals surface area contributed by atoms with E-state index in [2.05, 4.69) is 9.97 Å². The summed E-state index contributed by atoms with van der Waals surface area (Å²) in [6.07, 6.45) is 4.40. The van der Waals surface area contributed by atoms with Gasteiger partial charge in [-0.25, -0.2) is 13.4 Å². The fourth-order valence-electron chi connectivity index (χ4n) is 2.87. The molecule has 3 heterocycles. The lowest BCUT2D eigenvalue weighted by atomic mass is 10.1. The molecule has 1 aliphatic rings. The molecule has 0 aromatic carbocycles. The van der Waals surface area contributed by atoms with E-state index >= 15 is 0 Å². The van der Waals surface area contributed by atoms with Crippen molar-refractivity contribution in [1.29, 1.82) is 0 Å². The molecule has 8 heteroatoms. The van der Waals surface area contributed by atoms with Crippen molar-refractivity contribution in [3.63, 3.8) is 0 Å². The number of sulfonamides is 1. The third-order valence-corrected chi connectivity index (χ3v) is 5.61. The van der Waals surface area contributed by atoms with E-state index in [1.165, 1.54) is 29.0 Å². The van der Waals surface area contributed by atoms with Crippen LogP contribution in [0, 0.1) is 6.92 Å². The van der Waals surface area contributed by atoms with Crippen molar-refractivity contribution in [3.8, 4) is 0 Å². The van der Waals surface area contributed by atoms with E-state index in [0.29, 0.717) is 18.7 Å². The van der Waals surface area contributed by atoms with Gasteiger partial charge in [0.1, 0.15) is 0 Å². The van der Waals surface area contributed by atoms with Crippen molar-refractivity contribution >= 4 is 10.0 Å². The Labute approximate surface area is 128 Å². The lowest BCUT2D eigenvalue weighted by Crippen LogP contribution is -2.32. The van der Waals surface area contributed by atoms with Crippen LogP contribution in [0.15, 0.2) is 34.5 Å². The second-order valence-electron chi connectivity index (χ2n) is 5.61. The molecule has 3 rings (SSSR count). The maximum absolute atomic E-state index is 12.8. The average molecular weight is 322 g/mol. The monoisotopic (exact) mass is 322 g/mol. The van der Waals surface area contributed by atoms with Crippen LogP contribution < -0.4 is 5.43 Å². The molecule has 0 radical (unpaired) electrons. The first-order chi connectivity index (χ1) is 10.4. The summed E-state index contributed by atoms with van der Waals surface area (Å²) < 4.78 is 28.6. The van der Waals surface area contributed by atoms with Crippen molar-refractivity contribution in [2.24, 2.45) is 7.05 Å². The Hall–Kier alpha value is -1.93. The van der Waals surface area contributed by atoms with Gasteiger partial charge in [0.2, 0.25) is 0 Å². The number of H-pyrrole nitrogens is 1. The quantitative estimate of drug-likeness (QED) is 0.911. The smallest absolute Gasteiger partial charge is 0.262 e. The van der Waals surface area contributed by atoms with Crippen LogP contribution in [0.2, 0.25) is 0 Å². The Balaban J connectivity index is 2.01. The number of nitrogens with one attached hydrogen (secondary N) is 1. The van der Waals surface area contributed by atoms with Crippen molar-refractivity contribution in [2.75, 3.05) is 6.54 Å². The van der Waals surface area contributed by atoms with Crippen molar-refractivity contribution in [3.05, 3.63) is 46.3 Å². The molecule has 0 bridgehead atoms. The maximum Gasteiger partial charge on any atom is 0.262 e. The zero-order valence-corrected chi connectivity index (χ0v) is 13.3. The van der Waals surface area contributed by atoms with Crippen LogP contribution >= 0.6 is 0 Å². The van der Waals surface area contributed by atoms with Gasteiger partial charge >= 0.3 is 0 Å². The molecule has 7 nitrogen and oxygen atoms in total. The van der Waals surface area contributed by atoms with Gasteiger partial charge in [-0.3, -0.25) is 4.79 Å². The van der Waals surface area contributed by atoms with E-state index in [0.717, 1.165) is 12.1 Å². The van der Waals surface area contributed by atoms with E-state index in [4.69, 9.17) is 0 Å². The largest absolute Gasteiger partial charge is 0.361 e. The third-order valence-electron chi connectivity index (χ3n) is 3.81. The minimum absolute atomic E-state index is 0.0388. The van der Waals surface area contributed by atoms with E-state index in [1.54, 1.807) is 18.5 Å². The Kier molecular flexibility index (Phi) is 3.65. The zero-order chi connectivity index (χ0) is 15.9. The van der Waals surface area contributed by atoms with Gasteiger partial charge in [-0.1, -0.05) is 0 Å². The highest BCUT2D eigenvalue weighted by molar-refractivity contribution is 7.89. The molecular weight excluding hydrogens is 304 g/mol. The number of imidazole rings is 1. The maximum atomic E-state index is 12.8. The lowest BCUT2D eigenvalue weighted by Gasteiger charge is -2.23. The highest BCUT2D eigenvalue weighted by atomic mass is 32.2. The molecule has 1 atom stereocenters. The van der Waals surface area contributed by atoms with Crippen LogP contribution in [0.1, 0.15) is 30.3 Å². The SMILES string of the molecule is Cc1cc(=O)cc([C@H]2CCCN2S(=O)(=O)c2cn(C)cn2)[nH]1. The molecule has 22 heavy (non-hydrogen) atoms. The molecular formula is C14H18N4O3S. The first kappa shape index (κ1) is 15.0. The molecule has 1 N–H and O–H groups in total. The van der Waals surface area contributed by atoms with Crippen LogP contribution in [0.5, 0.6) is 0 Å². The molecule has 0 spiro atoms. The molecule has 0 aliphatic carbocycles. The van der Waals surface area contributed by atoms with Gasteiger partial charge in [-0.05, 0) is 19.8 Å². The van der Waals surface area contributed by atoms with Gasteiger partial charge in [-0.2, -0.15) is 4.31 Å². The highest BCUT2D eigenvalue weighted by Crippen LogP contribution is 2.34. The minimum atomic E-state index is -3.66. The normalized spacial score (nSPS) is 19.6. The second-order valence-corrected chi connectivity index (χ2v) is 7.44. The van der Waals surface area contributed by atoms with Crippen LogP contribution in [-0.4, -0.2) is 33.8 Å². The van der Waals surface area contributed by atoms with Gasteiger partial charge in [0, 0.05) is 43.3 Å². The van der Waals surface area contributed by atoms with E-state index < -0.39 is 10.0 Å². The summed E-state index contributed by atoms with van der Waals surface area (Å²) in [6, 6.07) is 2.62. The first-order valence-corrected chi connectivity index (χ1v) is 8.52. The molecule has 1 aliphatic heterocycles. The predicted molar refractivity (Wildman–Crippen MR) is 80.9 cm³/mol. The Bertz CT molecular complexity index is 853. The van der Waals surface area contributed by atoms with Crippen molar-refractivity contribution < 1.29 is 8.42 Å². The highest BCUT2D eigenvalue weighted by Gasteiger charge is 2.37. The summed E-state index contributed by atoms with van der Waals surface area (Å²) in [5.74, 6) is 0. The lowest BCUT2D eigenvalue weighted by molar-refractivity contribution is 0.388. The summed E-state index contributed by atoms with van der Waals surface area (Å²) in [7, 11) is -1.93.